The summed E-state index contributed by atoms with van der Waals surface area (Å²) in [7, 11) is 1.29. The first-order valence-corrected chi connectivity index (χ1v) is 5.45. The summed E-state index contributed by atoms with van der Waals surface area (Å²) in [5.41, 5.74) is 0.277. The highest BCUT2D eigenvalue weighted by Crippen LogP contribution is 2.15. The zero-order chi connectivity index (χ0) is 13.5. The Balaban J connectivity index is 2.38. The molecule has 0 bridgehead atoms. The predicted octanol–water partition coefficient (Wildman–Crippen LogP) is 1.15. The molecule has 1 aromatic rings. The van der Waals surface area contributed by atoms with Gasteiger partial charge in [0.1, 0.15) is 0 Å². The molecule has 1 aromatic carbocycles. The van der Waals surface area contributed by atoms with Crippen molar-refractivity contribution in [3.05, 3.63) is 35.4 Å². The molecule has 0 aliphatic heterocycles. The molecule has 0 radical (unpaired) electrons. The van der Waals surface area contributed by atoms with Crippen molar-refractivity contribution in [1.82, 2.24) is 5.32 Å². The second kappa shape index (κ2) is 7.03. The van der Waals surface area contributed by atoms with E-state index in [4.69, 9.17) is 0 Å². The fraction of sp³-hybridized carbons (Fsp3) is 0.417. The van der Waals surface area contributed by atoms with E-state index in [-0.39, 0.29) is 24.5 Å². The van der Waals surface area contributed by atoms with Gasteiger partial charge in [-0.2, -0.15) is 0 Å². The molecular formula is C12H15F2NO3. The van der Waals surface area contributed by atoms with Gasteiger partial charge in [-0.15, -0.1) is 0 Å². The van der Waals surface area contributed by atoms with E-state index in [1.165, 1.54) is 13.2 Å². The van der Waals surface area contributed by atoms with Crippen LogP contribution in [0.25, 0.3) is 0 Å². The van der Waals surface area contributed by atoms with E-state index in [9.17, 15) is 18.7 Å². The summed E-state index contributed by atoms with van der Waals surface area (Å²) in [5, 5.41) is 12.5. The molecule has 0 saturated heterocycles. The molecule has 100 valence electrons. The summed E-state index contributed by atoms with van der Waals surface area (Å²) in [4.78, 5) is 10.8. The molecule has 1 unspecified atom stereocenters. The van der Waals surface area contributed by atoms with Crippen LogP contribution in [0.3, 0.4) is 0 Å². The number of rotatable bonds is 6. The van der Waals surface area contributed by atoms with Crippen molar-refractivity contribution in [2.75, 3.05) is 20.2 Å². The molecule has 1 rings (SSSR count). The smallest absolute Gasteiger partial charge is 0.306 e. The number of hydrogen-bond donors (Lipinski definition) is 2. The molecule has 1 atom stereocenters. The number of aliphatic hydroxyl groups excluding tert-OH is 1. The van der Waals surface area contributed by atoms with Crippen LogP contribution in [0.1, 0.15) is 18.1 Å². The topological polar surface area (TPSA) is 58.6 Å². The fourth-order valence-electron chi connectivity index (χ4n) is 1.37. The minimum absolute atomic E-state index is 0.141. The summed E-state index contributed by atoms with van der Waals surface area (Å²) in [6.07, 6.45) is -0.779. The molecule has 0 aromatic heterocycles. The number of methoxy groups -OCH3 is 1. The first-order valence-electron chi connectivity index (χ1n) is 5.45. The number of aliphatic hydroxyl groups is 1. The van der Waals surface area contributed by atoms with E-state index >= 15 is 0 Å². The van der Waals surface area contributed by atoms with Crippen molar-refractivity contribution in [2.24, 2.45) is 0 Å². The summed E-state index contributed by atoms with van der Waals surface area (Å²) < 4.78 is 30.0. The Bertz CT molecular complexity index is 412. The second-order valence-electron chi connectivity index (χ2n) is 3.72. The highest BCUT2D eigenvalue weighted by atomic mass is 19.2. The fourth-order valence-corrected chi connectivity index (χ4v) is 1.37. The molecule has 18 heavy (non-hydrogen) atoms. The number of halogens is 2. The van der Waals surface area contributed by atoms with Crippen molar-refractivity contribution in [3.8, 4) is 0 Å². The summed E-state index contributed by atoms with van der Waals surface area (Å²) in [5.74, 6) is -2.31. The quantitative estimate of drug-likeness (QED) is 0.594. The lowest BCUT2D eigenvalue weighted by Gasteiger charge is -2.12. The van der Waals surface area contributed by atoms with E-state index < -0.39 is 17.7 Å². The Morgan fingerprint density at radius 3 is 2.78 bits per heavy atom. The Kier molecular flexibility index (Phi) is 5.67. The van der Waals surface area contributed by atoms with Crippen LogP contribution in [-0.4, -0.2) is 31.3 Å². The van der Waals surface area contributed by atoms with Gasteiger partial charge >= 0.3 is 5.97 Å². The van der Waals surface area contributed by atoms with Gasteiger partial charge in [0.2, 0.25) is 0 Å². The van der Waals surface area contributed by atoms with Crippen LogP contribution in [0.2, 0.25) is 0 Å². The Morgan fingerprint density at radius 1 is 1.44 bits per heavy atom. The van der Waals surface area contributed by atoms with Gasteiger partial charge in [0, 0.05) is 13.1 Å². The second-order valence-corrected chi connectivity index (χ2v) is 3.72. The number of hydrogen-bond acceptors (Lipinski definition) is 4. The first kappa shape index (κ1) is 14.5. The van der Waals surface area contributed by atoms with Crippen molar-refractivity contribution in [3.63, 3.8) is 0 Å². The molecule has 0 saturated carbocycles. The third kappa shape index (κ3) is 4.38. The van der Waals surface area contributed by atoms with Gasteiger partial charge in [-0.05, 0) is 17.7 Å². The zero-order valence-corrected chi connectivity index (χ0v) is 9.95. The van der Waals surface area contributed by atoms with Crippen LogP contribution in [0.15, 0.2) is 18.2 Å². The first-order chi connectivity index (χ1) is 8.54. The maximum absolute atomic E-state index is 12.9. The van der Waals surface area contributed by atoms with Gasteiger partial charge in [0.15, 0.2) is 11.6 Å². The van der Waals surface area contributed by atoms with Crippen LogP contribution in [0.5, 0.6) is 0 Å². The van der Waals surface area contributed by atoms with Crippen LogP contribution in [-0.2, 0) is 9.53 Å². The largest absolute Gasteiger partial charge is 0.469 e. The molecule has 0 aliphatic rings. The van der Waals surface area contributed by atoms with Gasteiger partial charge in [-0.3, -0.25) is 4.79 Å². The van der Waals surface area contributed by atoms with Crippen LogP contribution in [0, 0.1) is 11.6 Å². The molecular weight excluding hydrogens is 244 g/mol. The summed E-state index contributed by atoms with van der Waals surface area (Å²) >= 11 is 0. The molecule has 0 aliphatic carbocycles. The van der Waals surface area contributed by atoms with E-state index in [0.29, 0.717) is 6.54 Å². The van der Waals surface area contributed by atoms with Crippen LogP contribution in [0.4, 0.5) is 8.78 Å². The number of ether oxygens (including phenoxy) is 1. The van der Waals surface area contributed by atoms with Crippen molar-refractivity contribution < 1.29 is 23.4 Å². The monoisotopic (exact) mass is 259 g/mol. The van der Waals surface area contributed by atoms with Crippen molar-refractivity contribution in [1.29, 1.82) is 0 Å². The molecule has 2 N–H and O–H groups in total. The lowest BCUT2D eigenvalue weighted by Crippen LogP contribution is -2.24. The minimum Gasteiger partial charge on any atom is -0.469 e. The highest BCUT2D eigenvalue weighted by Gasteiger charge is 2.10. The van der Waals surface area contributed by atoms with Gasteiger partial charge in [0.05, 0.1) is 19.6 Å². The Hall–Kier alpha value is -1.53. The number of esters is 1. The van der Waals surface area contributed by atoms with E-state index in [0.717, 1.165) is 12.1 Å². The average molecular weight is 259 g/mol. The maximum atomic E-state index is 12.9. The van der Waals surface area contributed by atoms with E-state index in [2.05, 4.69) is 10.1 Å². The lowest BCUT2D eigenvalue weighted by atomic mass is 10.1. The van der Waals surface area contributed by atoms with Gasteiger partial charge < -0.3 is 15.2 Å². The van der Waals surface area contributed by atoms with Gasteiger partial charge in [-0.1, -0.05) is 6.07 Å². The summed E-state index contributed by atoms with van der Waals surface area (Å²) in [6.45, 7) is 0.482. The number of carbonyl (C=O) groups excluding carboxylic acids is 1. The van der Waals surface area contributed by atoms with Crippen LogP contribution >= 0.6 is 0 Å². The third-order valence-corrected chi connectivity index (χ3v) is 2.40. The molecule has 6 heteroatoms. The van der Waals surface area contributed by atoms with Gasteiger partial charge in [-0.25, -0.2) is 8.78 Å². The van der Waals surface area contributed by atoms with Crippen LogP contribution < -0.4 is 5.32 Å². The SMILES string of the molecule is COC(=O)CCNCC(O)c1ccc(F)c(F)c1. The van der Waals surface area contributed by atoms with Crippen molar-refractivity contribution >= 4 is 5.97 Å². The van der Waals surface area contributed by atoms with Gasteiger partial charge in [0.25, 0.3) is 0 Å². The number of carbonyl (C=O) groups is 1. The molecule has 4 nitrogen and oxygen atoms in total. The molecule has 0 amide bonds. The Labute approximate surface area is 104 Å². The molecule has 0 fully saturated rings. The van der Waals surface area contributed by atoms with Crippen molar-refractivity contribution in [2.45, 2.75) is 12.5 Å². The minimum atomic E-state index is -0.999. The van der Waals surface area contributed by atoms with E-state index in [1.807, 2.05) is 0 Å². The maximum Gasteiger partial charge on any atom is 0.306 e. The lowest BCUT2D eigenvalue weighted by molar-refractivity contribution is -0.140. The normalized spacial score (nSPS) is 12.2. The zero-order valence-electron chi connectivity index (χ0n) is 9.95. The number of benzene rings is 1. The van der Waals surface area contributed by atoms with E-state index in [1.54, 1.807) is 0 Å². The molecule has 0 spiro atoms. The number of nitrogens with one attached hydrogen (secondary N) is 1. The average Bonchev–Trinajstić information content (AvgIpc) is 2.37. The standard InChI is InChI=1S/C12H15F2NO3/c1-18-12(17)4-5-15-7-11(16)8-2-3-9(13)10(14)6-8/h2-3,6,11,15-16H,4-5,7H2,1H3. The summed E-state index contributed by atoms with van der Waals surface area (Å²) in [6, 6.07) is 3.22. The Morgan fingerprint density at radius 2 is 2.17 bits per heavy atom. The third-order valence-electron chi connectivity index (χ3n) is 2.40. The predicted molar refractivity (Wildman–Crippen MR) is 60.8 cm³/mol. The molecule has 0 heterocycles. The highest BCUT2D eigenvalue weighted by molar-refractivity contribution is 5.69.